The van der Waals surface area contributed by atoms with Crippen molar-refractivity contribution in [3.8, 4) is 0 Å². The monoisotopic (exact) mass is 1140 g/mol. The Labute approximate surface area is 465 Å². The highest BCUT2D eigenvalue weighted by Crippen LogP contribution is 2.38. The van der Waals surface area contributed by atoms with Gasteiger partial charge in [-0.25, -0.2) is 13.2 Å². The Kier molecular flexibility index (Phi) is 21.3. The van der Waals surface area contributed by atoms with Crippen LogP contribution in [0.2, 0.25) is 0 Å². The minimum atomic E-state index is -1.43. The average Bonchev–Trinajstić information content (AvgIpc) is 3.55. The van der Waals surface area contributed by atoms with Crippen LogP contribution in [0.5, 0.6) is 0 Å². The predicted molar refractivity (Wildman–Crippen MR) is 272 cm³/mol. The number of fused-ring (bicyclic) bond motifs is 4. The molecule has 0 radical (unpaired) electrons. The first kappa shape index (κ1) is 60.1. The van der Waals surface area contributed by atoms with Gasteiger partial charge in [0.05, 0.1) is 52.9 Å². The second-order valence-corrected chi connectivity index (χ2v) is 20.0. The molecule has 0 spiro atoms. The Bertz CT molecular complexity index is 2360. The molecule has 0 bridgehead atoms. The van der Waals surface area contributed by atoms with Gasteiger partial charge in [-0.15, -0.1) is 0 Å². The lowest BCUT2D eigenvalue weighted by Crippen LogP contribution is -2.59. The first-order chi connectivity index (χ1) is 39.2. The number of aliphatic hydroxyl groups is 2. The molecule has 440 valence electrons. The third-order valence-corrected chi connectivity index (χ3v) is 14.1. The summed E-state index contributed by atoms with van der Waals surface area (Å²) in [4.78, 5) is 33.0. The van der Waals surface area contributed by atoms with E-state index in [1.165, 1.54) is 20.8 Å². The van der Waals surface area contributed by atoms with Crippen molar-refractivity contribution >= 4 is 17.9 Å². The zero-order valence-corrected chi connectivity index (χ0v) is 44.6. The van der Waals surface area contributed by atoms with Crippen molar-refractivity contribution in [2.75, 3.05) is 52.9 Å². The largest absolute Gasteiger partial charge is 0.457 e. The number of carbonyl (C=O) groups excluding carboxylic acids is 3. The van der Waals surface area contributed by atoms with E-state index in [0.29, 0.717) is 6.61 Å². The number of benzene rings is 4. The number of alkyl halides is 3. The normalized spacial score (nSPS) is 36.8. The highest BCUT2D eigenvalue weighted by Gasteiger charge is 2.50. The van der Waals surface area contributed by atoms with Gasteiger partial charge < -0.3 is 81.3 Å². The van der Waals surface area contributed by atoms with Crippen molar-refractivity contribution in [2.45, 2.75) is 144 Å². The average molecular weight is 1140 g/mol. The highest BCUT2D eigenvalue weighted by atomic mass is 19.1. The molecule has 8 heterocycles. The van der Waals surface area contributed by atoms with Gasteiger partial charge in [-0.05, 0) is 0 Å². The number of carbonyl (C=O) groups is 3. The number of esters is 3. The van der Waals surface area contributed by atoms with Gasteiger partial charge in [0.25, 0.3) is 0 Å². The van der Waals surface area contributed by atoms with Crippen molar-refractivity contribution in [1.82, 2.24) is 0 Å². The van der Waals surface area contributed by atoms with Gasteiger partial charge in [0, 0.05) is 43.0 Å². The quantitative estimate of drug-likeness (QED) is 0.171. The Morgan fingerprint density at radius 3 is 0.975 bits per heavy atom. The van der Waals surface area contributed by atoms with Gasteiger partial charge in [-0.2, -0.15) is 0 Å². The fourth-order valence-corrected chi connectivity index (χ4v) is 10.1. The molecule has 0 amide bonds. The fourth-order valence-electron chi connectivity index (χ4n) is 10.1. The zero-order valence-electron chi connectivity index (χ0n) is 44.6. The smallest absolute Gasteiger partial charge is 0.303 e. The van der Waals surface area contributed by atoms with Crippen LogP contribution in [0.25, 0.3) is 0 Å². The van der Waals surface area contributed by atoms with Crippen LogP contribution in [-0.2, 0) is 85.4 Å². The first-order valence-electron chi connectivity index (χ1n) is 26.7. The zero-order chi connectivity index (χ0) is 57.0. The molecule has 20 atom stereocenters. The van der Waals surface area contributed by atoms with Crippen LogP contribution in [0.4, 0.5) is 13.2 Å². The van der Waals surface area contributed by atoms with Gasteiger partial charge in [0.2, 0.25) is 0 Å². The maximum absolute atomic E-state index is 14.5. The van der Waals surface area contributed by atoms with Gasteiger partial charge >= 0.3 is 17.9 Å². The summed E-state index contributed by atoms with van der Waals surface area (Å²) in [5, 5.41) is 19.8. The lowest BCUT2D eigenvalue weighted by molar-refractivity contribution is -0.314. The molecular formula is C58H67F3O20. The van der Waals surface area contributed by atoms with Crippen LogP contribution in [0, 0.1) is 0 Å². The van der Waals surface area contributed by atoms with E-state index in [1.54, 1.807) is 0 Å². The number of aliphatic hydroxyl groups excluding tert-OH is 2. The maximum Gasteiger partial charge on any atom is 0.303 e. The summed E-state index contributed by atoms with van der Waals surface area (Å²) in [6, 6.07) is 37.4. The molecule has 4 unspecified atom stereocenters. The summed E-state index contributed by atoms with van der Waals surface area (Å²) < 4.78 is 125. The Morgan fingerprint density at radius 2 is 0.642 bits per heavy atom. The fraction of sp³-hybridized carbons (Fsp3) is 0.534. The molecule has 8 saturated heterocycles. The molecular weight excluding hydrogens is 1070 g/mol. The minimum Gasteiger partial charge on any atom is -0.457 e. The topological polar surface area (TPSA) is 230 Å². The van der Waals surface area contributed by atoms with Crippen molar-refractivity contribution in [1.29, 1.82) is 0 Å². The van der Waals surface area contributed by atoms with Crippen LogP contribution < -0.4 is 0 Å². The number of ether oxygens (including phenoxy) is 15. The summed E-state index contributed by atoms with van der Waals surface area (Å²) in [6.07, 6.45) is -16.0. The van der Waals surface area contributed by atoms with Gasteiger partial charge in [0.1, 0.15) is 61.0 Å². The molecule has 23 heteroatoms. The molecule has 81 heavy (non-hydrogen) atoms. The van der Waals surface area contributed by atoms with Crippen molar-refractivity contribution in [2.24, 2.45) is 0 Å². The number of hydrogen-bond acceptors (Lipinski definition) is 20. The van der Waals surface area contributed by atoms with Crippen LogP contribution in [0.3, 0.4) is 0 Å². The summed E-state index contributed by atoms with van der Waals surface area (Å²) in [5.74, 6) is -1.51. The van der Waals surface area contributed by atoms with E-state index < -0.39 is 135 Å². The summed E-state index contributed by atoms with van der Waals surface area (Å²) in [7, 11) is 0. The number of rotatable bonds is 7. The summed E-state index contributed by atoms with van der Waals surface area (Å²) >= 11 is 0. The second-order valence-electron chi connectivity index (χ2n) is 20.0. The van der Waals surface area contributed by atoms with Crippen molar-refractivity contribution < 1.29 is 109 Å². The predicted octanol–water partition coefficient (Wildman–Crippen LogP) is 5.53. The van der Waals surface area contributed by atoms with E-state index in [4.69, 9.17) is 71.1 Å². The van der Waals surface area contributed by atoms with E-state index in [2.05, 4.69) is 0 Å². The molecule has 8 aliphatic heterocycles. The van der Waals surface area contributed by atoms with Gasteiger partial charge in [0.15, 0.2) is 62.0 Å². The molecule has 0 aliphatic carbocycles. The van der Waals surface area contributed by atoms with E-state index in [-0.39, 0.29) is 52.4 Å². The third-order valence-electron chi connectivity index (χ3n) is 14.1. The van der Waals surface area contributed by atoms with Crippen LogP contribution in [0.1, 0.15) is 68.2 Å². The summed E-state index contributed by atoms with van der Waals surface area (Å²) in [5.41, 5.74) is 3.34. The molecule has 0 aromatic heterocycles. The van der Waals surface area contributed by atoms with E-state index in [9.17, 15) is 37.8 Å². The van der Waals surface area contributed by atoms with Crippen LogP contribution >= 0.6 is 0 Å². The molecule has 4 aromatic rings. The Morgan fingerprint density at radius 1 is 0.370 bits per heavy atom. The SMILES string of the molecule is CC(=O)O[C@H]1CO[C@@H]2COC(c3ccccc3)O[C@H]2[C@@H]1O.CC(=O)O[C@H]1CO[C@@H]2COC(c3ccccc3)O[C@H]2[C@H]1F.CC(=O)O[C@H]1CO[C@@H]2COC(c3ccccc3)O[C@H]2[C@H]1F.O[C@H]1CO[C@@H]2COC(c3ccccc3)O[C@H]2[C@H]1F. The lowest BCUT2D eigenvalue weighted by Gasteiger charge is -2.44. The third kappa shape index (κ3) is 15.6. The Balaban J connectivity index is 0.000000131. The Hall–Kier alpha value is -5.48. The first-order valence-corrected chi connectivity index (χ1v) is 26.7. The second kappa shape index (κ2) is 28.7. The molecule has 20 nitrogen and oxygen atoms in total. The molecule has 12 rings (SSSR count). The van der Waals surface area contributed by atoms with E-state index in [1.807, 2.05) is 121 Å². The molecule has 8 aliphatic rings. The standard InChI is InChI=1S/2C15H17FO5.C15H18O6.C13H15FO4/c2*1-9(17)20-11-7-18-12-8-19-15(21-14(12)13(11)16)10-5-3-2-4-6-10;1-9(16)20-11-7-18-12-8-19-15(21-14(12)13(11)17)10-5-3-2-4-6-10;14-11-9(15)6-16-10-7-17-13(18-12(10)11)8-4-2-1-3-5-8/h2*2-6,11-15H,7-8H2,1H3;2-6,11-15,17H,7-8H2,1H3;1-5,9-13,15H,6-7H2/t2*11-,12+,13-,14+,15?;11-,12+,13+,14+,15?;9-,10+,11-,12+,13?/m0000/s1. The van der Waals surface area contributed by atoms with E-state index in [0.717, 1.165) is 22.3 Å². The highest BCUT2D eigenvalue weighted by molar-refractivity contribution is 5.67. The number of halogens is 3. The molecule has 0 saturated carbocycles. The lowest BCUT2D eigenvalue weighted by atomic mass is 9.99. The van der Waals surface area contributed by atoms with Gasteiger partial charge in [-0.1, -0.05) is 121 Å². The maximum atomic E-state index is 14.5. The van der Waals surface area contributed by atoms with Crippen molar-refractivity contribution in [3.05, 3.63) is 144 Å². The van der Waals surface area contributed by atoms with Crippen LogP contribution in [-0.4, -0.2) is 179 Å². The van der Waals surface area contributed by atoms with Crippen molar-refractivity contribution in [3.63, 3.8) is 0 Å². The number of hydrogen-bond donors (Lipinski definition) is 2. The molecule has 2 N–H and O–H groups in total. The minimum absolute atomic E-state index is 0.00887. The molecule has 8 fully saturated rings. The summed E-state index contributed by atoms with van der Waals surface area (Å²) in [6.45, 7) is 5.06. The van der Waals surface area contributed by atoms with Gasteiger partial charge in [-0.3, -0.25) is 14.4 Å². The van der Waals surface area contributed by atoms with E-state index >= 15 is 0 Å². The molecule has 4 aromatic carbocycles. The van der Waals surface area contributed by atoms with Crippen LogP contribution in [0.15, 0.2) is 121 Å².